The van der Waals surface area contributed by atoms with Gasteiger partial charge in [-0.05, 0) is 36.0 Å². The highest BCUT2D eigenvalue weighted by Crippen LogP contribution is 2.48. The van der Waals surface area contributed by atoms with Gasteiger partial charge in [0, 0.05) is 31.5 Å². The Morgan fingerprint density at radius 1 is 1.22 bits per heavy atom. The van der Waals surface area contributed by atoms with E-state index in [0.717, 1.165) is 5.56 Å². The Balaban J connectivity index is 1.69. The zero-order valence-electron chi connectivity index (χ0n) is 19.1. The van der Waals surface area contributed by atoms with Crippen LogP contribution in [0.2, 0.25) is 0 Å². The number of likely N-dealkylation sites (tertiary alicyclic amines) is 1. The van der Waals surface area contributed by atoms with Crippen LogP contribution in [-0.4, -0.2) is 49.6 Å². The van der Waals surface area contributed by atoms with Crippen LogP contribution in [0, 0.1) is 10.8 Å². The van der Waals surface area contributed by atoms with E-state index in [9.17, 15) is 24.3 Å². The molecule has 4 rings (SSSR count). The number of benzene rings is 1. The minimum absolute atomic E-state index is 0.125. The number of nitrogens with zero attached hydrogens (tertiary/aromatic N) is 3. The molecule has 0 spiro atoms. The molecule has 1 aromatic heterocycles. The van der Waals surface area contributed by atoms with Crippen LogP contribution in [0.15, 0.2) is 23.0 Å². The van der Waals surface area contributed by atoms with E-state index in [4.69, 9.17) is 0 Å². The van der Waals surface area contributed by atoms with Gasteiger partial charge in [0.05, 0.1) is 11.0 Å². The molecular formula is C23H30N4O5. The topological polar surface area (TPSA) is 114 Å². The normalized spacial score (nSPS) is 26.2. The maximum absolute atomic E-state index is 13.0. The smallest absolute Gasteiger partial charge is 0.407 e. The van der Waals surface area contributed by atoms with Gasteiger partial charge in [0.15, 0.2) is 0 Å². The number of carbonyl (C=O) groups excluding carboxylic acids is 2. The number of imide groups is 1. The lowest BCUT2D eigenvalue weighted by Gasteiger charge is -2.60. The third-order valence-corrected chi connectivity index (χ3v) is 6.85. The zero-order valence-corrected chi connectivity index (χ0v) is 19.1. The van der Waals surface area contributed by atoms with Crippen LogP contribution >= 0.6 is 0 Å². The number of aryl methyl sites for hydroxylation is 1. The third kappa shape index (κ3) is 3.40. The fraction of sp³-hybridized carbons (Fsp3) is 0.565. The van der Waals surface area contributed by atoms with E-state index in [1.165, 1.54) is 14.0 Å². The molecule has 3 unspecified atom stereocenters. The first kappa shape index (κ1) is 22.1. The summed E-state index contributed by atoms with van der Waals surface area (Å²) in [5, 5.41) is 11.9. The number of hydrogen-bond donors (Lipinski definition) is 2. The van der Waals surface area contributed by atoms with Crippen LogP contribution in [0.4, 0.5) is 4.79 Å². The second-order valence-corrected chi connectivity index (χ2v) is 10.5. The first-order valence-corrected chi connectivity index (χ1v) is 10.9. The van der Waals surface area contributed by atoms with E-state index < -0.39 is 18.0 Å². The van der Waals surface area contributed by atoms with Gasteiger partial charge in [0.1, 0.15) is 6.04 Å². The van der Waals surface area contributed by atoms with Crippen molar-refractivity contribution < 1.29 is 19.5 Å². The standard InChI is InChI=1S/C23H30N4O5/c1-22(2,3)19-23(4,12-26(19)21(31)32)11-13-6-7-14-16(10-13)25(5)20(30)27(14)15-8-9-17(28)24-18(15)29/h6-7,10,15,19H,8-9,11-12H2,1-5H3,(H,31,32)(H,24,28,29). The van der Waals surface area contributed by atoms with E-state index in [1.54, 1.807) is 7.05 Å². The summed E-state index contributed by atoms with van der Waals surface area (Å²) in [6.45, 7) is 8.73. The van der Waals surface area contributed by atoms with E-state index in [-0.39, 0.29) is 34.9 Å². The number of nitrogens with one attached hydrogen (secondary N) is 1. The minimum Gasteiger partial charge on any atom is -0.465 e. The van der Waals surface area contributed by atoms with Crippen LogP contribution in [0.25, 0.3) is 11.0 Å². The van der Waals surface area contributed by atoms with Crippen LogP contribution < -0.4 is 11.0 Å². The Labute approximate surface area is 186 Å². The first-order valence-electron chi connectivity index (χ1n) is 10.9. The van der Waals surface area contributed by atoms with Crippen LogP contribution in [0.1, 0.15) is 52.1 Å². The highest BCUT2D eigenvalue weighted by molar-refractivity contribution is 6.00. The summed E-state index contributed by atoms with van der Waals surface area (Å²) in [6.07, 6.45) is 0.264. The Hall–Kier alpha value is -3.10. The van der Waals surface area contributed by atoms with Crippen molar-refractivity contribution in [1.82, 2.24) is 19.4 Å². The summed E-state index contributed by atoms with van der Waals surface area (Å²) in [5.74, 6) is -0.775. The molecule has 2 saturated heterocycles. The molecule has 2 fully saturated rings. The van der Waals surface area contributed by atoms with Crippen molar-refractivity contribution in [2.24, 2.45) is 17.9 Å². The summed E-state index contributed by atoms with van der Waals surface area (Å²) in [7, 11) is 1.67. The molecule has 172 valence electrons. The van der Waals surface area contributed by atoms with Gasteiger partial charge in [-0.25, -0.2) is 9.59 Å². The molecule has 2 aromatic rings. The minimum atomic E-state index is -0.901. The van der Waals surface area contributed by atoms with E-state index in [1.807, 2.05) is 18.2 Å². The Morgan fingerprint density at radius 3 is 2.50 bits per heavy atom. The monoisotopic (exact) mass is 442 g/mol. The highest BCUT2D eigenvalue weighted by Gasteiger charge is 2.56. The van der Waals surface area contributed by atoms with Gasteiger partial charge in [-0.2, -0.15) is 0 Å². The summed E-state index contributed by atoms with van der Waals surface area (Å²) in [5.41, 5.74) is 1.63. The molecular weight excluding hydrogens is 412 g/mol. The second kappa shape index (κ2) is 7.21. The summed E-state index contributed by atoms with van der Waals surface area (Å²) < 4.78 is 2.99. The number of fused-ring (bicyclic) bond motifs is 1. The number of carboxylic acid groups (broad SMARTS) is 1. The summed E-state index contributed by atoms with van der Waals surface area (Å²) in [6, 6.07) is 4.90. The number of imidazole rings is 1. The number of carbonyl (C=O) groups is 3. The van der Waals surface area contributed by atoms with Crippen molar-refractivity contribution in [1.29, 1.82) is 0 Å². The molecule has 2 aliphatic rings. The Kier molecular flexibility index (Phi) is 4.98. The van der Waals surface area contributed by atoms with Crippen LogP contribution in [0.5, 0.6) is 0 Å². The molecule has 2 N–H and O–H groups in total. The predicted molar refractivity (Wildman–Crippen MR) is 118 cm³/mol. The van der Waals surface area contributed by atoms with E-state index in [2.05, 4.69) is 33.0 Å². The van der Waals surface area contributed by atoms with Crippen molar-refractivity contribution in [2.45, 2.75) is 59.0 Å². The maximum atomic E-state index is 13.0. The molecule has 9 heteroatoms. The van der Waals surface area contributed by atoms with E-state index >= 15 is 0 Å². The average molecular weight is 443 g/mol. The summed E-state index contributed by atoms with van der Waals surface area (Å²) in [4.78, 5) is 50.0. The first-order chi connectivity index (χ1) is 14.8. The molecule has 32 heavy (non-hydrogen) atoms. The number of piperidine rings is 1. The van der Waals surface area contributed by atoms with Gasteiger partial charge in [0.25, 0.3) is 0 Å². The SMILES string of the molecule is Cn1c(=O)n(C2CCC(=O)NC2=O)c2ccc(CC3(C)CN(C(=O)O)C3C(C)(C)C)cc21. The number of aromatic nitrogens is 2. The Bertz CT molecular complexity index is 1190. The average Bonchev–Trinajstić information content (AvgIpc) is 2.89. The van der Waals surface area contributed by atoms with E-state index in [0.29, 0.717) is 30.4 Å². The third-order valence-electron chi connectivity index (χ3n) is 6.85. The molecule has 2 aliphatic heterocycles. The summed E-state index contributed by atoms with van der Waals surface area (Å²) >= 11 is 0. The van der Waals surface area contributed by atoms with Crippen LogP contribution in [-0.2, 0) is 23.1 Å². The van der Waals surface area contributed by atoms with Gasteiger partial charge in [-0.1, -0.05) is 33.8 Å². The van der Waals surface area contributed by atoms with Crippen molar-refractivity contribution in [3.8, 4) is 0 Å². The molecule has 3 atom stereocenters. The lowest BCUT2D eigenvalue weighted by atomic mass is 9.60. The van der Waals surface area contributed by atoms with Crippen molar-refractivity contribution >= 4 is 28.9 Å². The molecule has 0 radical (unpaired) electrons. The molecule has 9 nitrogen and oxygen atoms in total. The lowest BCUT2D eigenvalue weighted by molar-refractivity contribution is -0.135. The maximum Gasteiger partial charge on any atom is 0.407 e. The fourth-order valence-corrected chi connectivity index (χ4v) is 5.89. The molecule has 3 amide bonds. The molecule has 1 aromatic carbocycles. The number of amides is 3. The fourth-order valence-electron chi connectivity index (χ4n) is 5.89. The molecule has 3 heterocycles. The van der Waals surface area contributed by atoms with Crippen molar-refractivity contribution in [3.63, 3.8) is 0 Å². The Morgan fingerprint density at radius 2 is 1.91 bits per heavy atom. The highest BCUT2D eigenvalue weighted by atomic mass is 16.4. The number of rotatable bonds is 3. The molecule has 0 saturated carbocycles. The lowest BCUT2D eigenvalue weighted by Crippen LogP contribution is -2.70. The largest absolute Gasteiger partial charge is 0.465 e. The van der Waals surface area contributed by atoms with Crippen molar-refractivity contribution in [3.05, 3.63) is 34.2 Å². The predicted octanol–water partition coefficient (Wildman–Crippen LogP) is 2.27. The van der Waals surface area contributed by atoms with Crippen molar-refractivity contribution in [2.75, 3.05) is 6.54 Å². The van der Waals surface area contributed by atoms with Gasteiger partial charge in [-0.3, -0.25) is 24.0 Å². The zero-order chi connectivity index (χ0) is 23.6. The molecule has 0 bridgehead atoms. The van der Waals surface area contributed by atoms with Gasteiger partial charge < -0.3 is 10.0 Å². The van der Waals surface area contributed by atoms with Gasteiger partial charge >= 0.3 is 11.8 Å². The number of hydrogen-bond acceptors (Lipinski definition) is 4. The quantitative estimate of drug-likeness (QED) is 0.708. The molecule has 0 aliphatic carbocycles. The van der Waals surface area contributed by atoms with Gasteiger partial charge in [-0.15, -0.1) is 0 Å². The van der Waals surface area contributed by atoms with Crippen LogP contribution in [0.3, 0.4) is 0 Å². The second-order valence-electron chi connectivity index (χ2n) is 10.5. The van der Waals surface area contributed by atoms with Gasteiger partial charge in [0.2, 0.25) is 11.8 Å².